The molecule has 1 aromatic rings. The third-order valence-electron chi connectivity index (χ3n) is 2.21. The number of hydrogen-bond acceptors (Lipinski definition) is 5. The van der Waals surface area contributed by atoms with Crippen LogP contribution in [-0.4, -0.2) is 41.6 Å². The maximum atomic E-state index is 12.3. The van der Waals surface area contributed by atoms with Crippen LogP contribution in [0, 0.1) is 0 Å². The first kappa shape index (κ1) is 15.5. The molecular formula is C10H15F3N4OS. The first-order chi connectivity index (χ1) is 8.78. The number of carbonyl (C=O) groups excluding carboxylic acids is 1. The van der Waals surface area contributed by atoms with Crippen LogP contribution in [0.2, 0.25) is 0 Å². The van der Waals surface area contributed by atoms with Crippen molar-refractivity contribution in [1.82, 2.24) is 9.88 Å². The van der Waals surface area contributed by atoms with Gasteiger partial charge in [-0.05, 0) is 13.8 Å². The van der Waals surface area contributed by atoms with Crippen LogP contribution in [0.3, 0.4) is 0 Å². The predicted octanol–water partition coefficient (Wildman–Crippen LogP) is 2.18. The standard InChI is InChI=1S/C10H15F3N4OS/c1-3-15-9-16-7(14)6(19-9)8(18)17(4-2)5-10(11,12)13/h3-5,14H2,1-2H3,(H,15,16). The van der Waals surface area contributed by atoms with Crippen molar-refractivity contribution in [3.8, 4) is 0 Å². The van der Waals surface area contributed by atoms with Crippen LogP contribution in [0.25, 0.3) is 0 Å². The normalized spacial score (nSPS) is 11.4. The number of aromatic nitrogens is 1. The highest BCUT2D eigenvalue weighted by Crippen LogP contribution is 2.27. The highest BCUT2D eigenvalue weighted by Gasteiger charge is 2.33. The number of rotatable bonds is 5. The first-order valence-electron chi connectivity index (χ1n) is 5.64. The molecule has 0 aliphatic rings. The number of hydrogen-bond donors (Lipinski definition) is 2. The number of anilines is 2. The quantitative estimate of drug-likeness (QED) is 0.873. The highest BCUT2D eigenvalue weighted by molar-refractivity contribution is 7.18. The van der Waals surface area contributed by atoms with Gasteiger partial charge >= 0.3 is 6.18 Å². The summed E-state index contributed by atoms with van der Waals surface area (Å²) in [7, 11) is 0. The average molecular weight is 296 g/mol. The lowest BCUT2D eigenvalue weighted by Crippen LogP contribution is -2.38. The molecule has 0 aromatic carbocycles. The second-order valence-corrected chi connectivity index (χ2v) is 4.70. The third kappa shape index (κ3) is 4.27. The van der Waals surface area contributed by atoms with Gasteiger partial charge in [-0.25, -0.2) is 4.98 Å². The molecule has 108 valence electrons. The Hall–Kier alpha value is -1.51. The molecule has 3 N–H and O–H groups in total. The number of halogens is 3. The van der Waals surface area contributed by atoms with E-state index < -0.39 is 18.6 Å². The van der Waals surface area contributed by atoms with Gasteiger partial charge < -0.3 is 16.0 Å². The lowest BCUT2D eigenvalue weighted by atomic mass is 10.4. The molecule has 9 heteroatoms. The van der Waals surface area contributed by atoms with Crippen molar-refractivity contribution in [3.63, 3.8) is 0 Å². The van der Waals surface area contributed by atoms with Gasteiger partial charge in [0.05, 0.1) is 0 Å². The van der Waals surface area contributed by atoms with Gasteiger partial charge in [0.25, 0.3) is 5.91 Å². The predicted molar refractivity (Wildman–Crippen MR) is 68.3 cm³/mol. The molecule has 5 nitrogen and oxygen atoms in total. The average Bonchev–Trinajstić information content (AvgIpc) is 2.65. The smallest absolute Gasteiger partial charge is 0.382 e. The molecule has 0 atom stereocenters. The minimum absolute atomic E-state index is 0.0297. The van der Waals surface area contributed by atoms with Crippen molar-refractivity contribution < 1.29 is 18.0 Å². The van der Waals surface area contributed by atoms with Crippen LogP contribution < -0.4 is 11.1 Å². The van der Waals surface area contributed by atoms with Gasteiger partial charge in [0, 0.05) is 13.1 Å². The summed E-state index contributed by atoms with van der Waals surface area (Å²) in [5.41, 5.74) is 5.56. The molecule has 1 amide bonds. The number of amides is 1. The number of nitrogen functional groups attached to an aromatic ring is 1. The fraction of sp³-hybridized carbons (Fsp3) is 0.600. The van der Waals surface area contributed by atoms with Gasteiger partial charge in [0.1, 0.15) is 17.2 Å². The molecule has 0 aliphatic heterocycles. The van der Waals surface area contributed by atoms with Gasteiger partial charge in [-0.15, -0.1) is 0 Å². The molecule has 0 saturated carbocycles. The number of carbonyl (C=O) groups is 1. The van der Waals surface area contributed by atoms with Crippen LogP contribution >= 0.6 is 11.3 Å². The fourth-order valence-electron chi connectivity index (χ4n) is 1.40. The zero-order chi connectivity index (χ0) is 14.6. The molecule has 0 unspecified atom stereocenters. The molecule has 0 radical (unpaired) electrons. The number of nitrogens with zero attached hydrogens (tertiary/aromatic N) is 2. The summed E-state index contributed by atoms with van der Waals surface area (Å²) in [6.07, 6.45) is -4.43. The third-order valence-corrected chi connectivity index (χ3v) is 3.23. The Balaban J connectivity index is 2.91. The van der Waals surface area contributed by atoms with Gasteiger partial charge in [-0.3, -0.25) is 4.79 Å². The Morgan fingerprint density at radius 2 is 2.11 bits per heavy atom. The van der Waals surface area contributed by atoms with Crippen molar-refractivity contribution in [2.75, 3.05) is 30.7 Å². The molecule has 0 aliphatic carbocycles. The molecule has 0 bridgehead atoms. The van der Waals surface area contributed by atoms with Gasteiger partial charge in [0.15, 0.2) is 5.13 Å². The first-order valence-corrected chi connectivity index (χ1v) is 6.46. The second kappa shape index (κ2) is 6.09. The molecule has 0 saturated heterocycles. The van der Waals surface area contributed by atoms with E-state index in [0.717, 1.165) is 11.3 Å². The fourth-order valence-corrected chi connectivity index (χ4v) is 2.32. The van der Waals surface area contributed by atoms with E-state index in [2.05, 4.69) is 10.3 Å². The Morgan fingerprint density at radius 1 is 1.47 bits per heavy atom. The maximum absolute atomic E-state index is 12.3. The monoisotopic (exact) mass is 296 g/mol. The summed E-state index contributed by atoms with van der Waals surface area (Å²) >= 11 is 0.956. The van der Waals surface area contributed by atoms with Gasteiger partial charge in [0.2, 0.25) is 0 Å². The topological polar surface area (TPSA) is 71.2 Å². The molecule has 0 fully saturated rings. The summed E-state index contributed by atoms with van der Waals surface area (Å²) in [5, 5.41) is 3.29. The van der Waals surface area contributed by atoms with Gasteiger partial charge in [-0.1, -0.05) is 11.3 Å². The van der Waals surface area contributed by atoms with Crippen molar-refractivity contribution in [2.24, 2.45) is 0 Å². The van der Waals surface area contributed by atoms with E-state index >= 15 is 0 Å². The number of nitrogens with one attached hydrogen (secondary N) is 1. The molecular weight excluding hydrogens is 281 g/mol. The minimum atomic E-state index is -4.43. The van der Waals surface area contributed by atoms with Crippen molar-refractivity contribution in [3.05, 3.63) is 4.88 Å². The molecule has 1 aromatic heterocycles. The van der Waals surface area contributed by atoms with E-state index in [-0.39, 0.29) is 17.2 Å². The van der Waals surface area contributed by atoms with Crippen molar-refractivity contribution in [2.45, 2.75) is 20.0 Å². The Kier molecular flexibility index (Phi) is 4.98. The molecule has 0 spiro atoms. The minimum Gasteiger partial charge on any atom is -0.382 e. The zero-order valence-corrected chi connectivity index (χ0v) is 11.4. The Morgan fingerprint density at radius 3 is 2.58 bits per heavy atom. The largest absolute Gasteiger partial charge is 0.406 e. The van der Waals surface area contributed by atoms with E-state index in [1.54, 1.807) is 0 Å². The lowest BCUT2D eigenvalue weighted by molar-refractivity contribution is -0.140. The Bertz CT molecular complexity index is 446. The number of nitrogens with two attached hydrogens (primary N) is 1. The van der Waals surface area contributed by atoms with Crippen molar-refractivity contribution in [1.29, 1.82) is 0 Å². The summed E-state index contributed by atoms with van der Waals surface area (Å²) in [5.74, 6) is -0.800. The summed E-state index contributed by atoms with van der Waals surface area (Å²) in [6.45, 7) is 2.55. The van der Waals surface area contributed by atoms with Crippen LogP contribution in [-0.2, 0) is 0 Å². The second-order valence-electron chi connectivity index (χ2n) is 3.70. The molecule has 19 heavy (non-hydrogen) atoms. The maximum Gasteiger partial charge on any atom is 0.406 e. The van der Waals surface area contributed by atoms with Crippen LogP contribution in [0.1, 0.15) is 23.5 Å². The lowest BCUT2D eigenvalue weighted by Gasteiger charge is -2.21. The van der Waals surface area contributed by atoms with E-state index in [9.17, 15) is 18.0 Å². The van der Waals surface area contributed by atoms with Crippen LogP contribution in [0.15, 0.2) is 0 Å². The zero-order valence-electron chi connectivity index (χ0n) is 10.5. The highest BCUT2D eigenvalue weighted by atomic mass is 32.1. The SMILES string of the molecule is CCNc1nc(N)c(C(=O)N(CC)CC(F)(F)F)s1. The summed E-state index contributed by atoms with van der Waals surface area (Å²) < 4.78 is 37.0. The van der Waals surface area contributed by atoms with E-state index in [1.807, 2.05) is 6.92 Å². The Labute approximate surface area is 112 Å². The van der Waals surface area contributed by atoms with Gasteiger partial charge in [-0.2, -0.15) is 13.2 Å². The number of thiazole rings is 1. The number of alkyl halides is 3. The summed E-state index contributed by atoms with van der Waals surface area (Å²) in [6, 6.07) is 0. The van der Waals surface area contributed by atoms with Crippen molar-refractivity contribution >= 4 is 28.2 Å². The van der Waals surface area contributed by atoms with E-state index in [0.29, 0.717) is 16.6 Å². The molecule has 1 heterocycles. The van der Waals surface area contributed by atoms with Crippen LogP contribution in [0.4, 0.5) is 24.1 Å². The van der Waals surface area contributed by atoms with Crippen LogP contribution in [0.5, 0.6) is 0 Å². The van der Waals surface area contributed by atoms with E-state index in [1.165, 1.54) is 6.92 Å². The summed E-state index contributed by atoms with van der Waals surface area (Å²) in [4.78, 5) is 16.6. The molecule has 1 rings (SSSR count). The van der Waals surface area contributed by atoms with E-state index in [4.69, 9.17) is 5.73 Å².